The summed E-state index contributed by atoms with van der Waals surface area (Å²) in [6.45, 7) is 3.44. The average molecular weight is 176 g/mol. The number of unbranched alkanes of at least 4 members (excludes halogenated alkanes) is 1. The lowest BCUT2D eigenvalue weighted by atomic mass is 10.1. The van der Waals surface area contributed by atoms with E-state index in [1.54, 1.807) is 0 Å². The number of rotatable bonds is 6. The number of hydrogen-bond donors (Lipinski definition) is 1. The van der Waals surface area contributed by atoms with Crippen LogP contribution in [0.15, 0.2) is 12.7 Å². The highest BCUT2D eigenvalue weighted by Crippen LogP contribution is 2.00. The van der Waals surface area contributed by atoms with Crippen LogP contribution in [0.3, 0.4) is 0 Å². The van der Waals surface area contributed by atoms with Gasteiger partial charge in [-0.25, -0.2) is 0 Å². The van der Waals surface area contributed by atoms with Crippen molar-refractivity contribution in [3.05, 3.63) is 12.7 Å². The van der Waals surface area contributed by atoms with Crippen molar-refractivity contribution in [2.24, 2.45) is 5.73 Å². The molecule has 0 aliphatic rings. The Morgan fingerprint density at radius 1 is 1.64 bits per heavy atom. The van der Waals surface area contributed by atoms with Crippen LogP contribution in [0.25, 0.3) is 0 Å². The smallest absolute Gasteiger partial charge is 0.153 e. The minimum absolute atomic E-state index is 0.0464. The van der Waals surface area contributed by atoms with Crippen molar-refractivity contribution >= 4 is 17.4 Å². The van der Waals surface area contributed by atoms with E-state index in [1.807, 2.05) is 0 Å². The molecule has 1 unspecified atom stereocenters. The van der Waals surface area contributed by atoms with Crippen LogP contribution in [0, 0.1) is 0 Å². The quantitative estimate of drug-likeness (QED) is 0.378. The Bertz CT molecular complexity index is 136. The van der Waals surface area contributed by atoms with E-state index in [4.69, 9.17) is 17.3 Å². The SMILES string of the molecule is C=CC(N)C(=O)CCCCCl. The second-order valence-corrected chi connectivity index (χ2v) is 2.75. The maximum atomic E-state index is 11.0. The van der Waals surface area contributed by atoms with Gasteiger partial charge in [0.2, 0.25) is 0 Å². The Morgan fingerprint density at radius 2 is 2.27 bits per heavy atom. The molecule has 0 aliphatic carbocycles. The number of Topliss-reactive ketones (excluding diaryl/α,β-unsaturated/α-hetero) is 1. The zero-order chi connectivity index (χ0) is 8.69. The molecule has 2 nitrogen and oxygen atoms in total. The number of ketones is 1. The van der Waals surface area contributed by atoms with E-state index in [-0.39, 0.29) is 5.78 Å². The maximum Gasteiger partial charge on any atom is 0.153 e. The van der Waals surface area contributed by atoms with E-state index in [9.17, 15) is 4.79 Å². The Kier molecular flexibility index (Phi) is 6.18. The Labute approximate surface area is 72.4 Å². The molecule has 0 fully saturated rings. The van der Waals surface area contributed by atoms with Crippen molar-refractivity contribution in [1.82, 2.24) is 0 Å². The van der Waals surface area contributed by atoms with Crippen molar-refractivity contribution in [3.63, 3.8) is 0 Å². The number of alkyl halides is 1. The van der Waals surface area contributed by atoms with Crippen LogP contribution < -0.4 is 5.73 Å². The third-order valence-electron chi connectivity index (χ3n) is 1.43. The van der Waals surface area contributed by atoms with E-state index in [2.05, 4.69) is 6.58 Å². The van der Waals surface area contributed by atoms with Crippen LogP contribution in [0.2, 0.25) is 0 Å². The van der Waals surface area contributed by atoms with Crippen LogP contribution >= 0.6 is 11.6 Å². The van der Waals surface area contributed by atoms with E-state index in [0.717, 1.165) is 12.8 Å². The standard InChI is InChI=1S/C8H14ClNO/c1-2-7(10)8(11)5-3-4-6-9/h2,7H,1,3-6,10H2. The van der Waals surface area contributed by atoms with E-state index in [1.165, 1.54) is 6.08 Å². The van der Waals surface area contributed by atoms with Gasteiger partial charge in [0.1, 0.15) is 0 Å². The Morgan fingerprint density at radius 3 is 2.73 bits per heavy atom. The molecular weight excluding hydrogens is 162 g/mol. The predicted molar refractivity (Wildman–Crippen MR) is 47.8 cm³/mol. The summed E-state index contributed by atoms with van der Waals surface area (Å²) in [5, 5.41) is 0. The predicted octanol–water partition coefficient (Wildman–Crippen LogP) is 1.48. The molecule has 0 aromatic rings. The number of hydrogen-bond acceptors (Lipinski definition) is 2. The Balaban J connectivity index is 3.44. The lowest BCUT2D eigenvalue weighted by Gasteiger charge is -2.03. The first-order valence-corrected chi connectivity index (χ1v) is 4.22. The fraction of sp³-hybridized carbons (Fsp3) is 0.625. The summed E-state index contributed by atoms with van der Waals surface area (Å²) in [7, 11) is 0. The summed E-state index contributed by atoms with van der Waals surface area (Å²) >= 11 is 5.44. The minimum Gasteiger partial charge on any atom is -0.318 e. The highest BCUT2D eigenvalue weighted by atomic mass is 35.5. The maximum absolute atomic E-state index is 11.0. The minimum atomic E-state index is -0.495. The Hall–Kier alpha value is -0.340. The molecule has 11 heavy (non-hydrogen) atoms. The fourth-order valence-corrected chi connectivity index (χ4v) is 0.881. The second-order valence-electron chi connectivity index (χ2n) is 2.37. The van der Waals surface area contributed by atoms with Gasteiger partial charge in [0.05, 0.1) is 6.04 Å². The molecule has 0 heterocycles. The summed E-state index contributed by atoms with van der Waals surface area (Å²) in [5.74, 6) is 0.654. The van der Waals surface area contributed by atoms with Crippen molar-refractivity contribution in [2.45, 2.75) is 25.3 Å². The van der Waals surface area contributed by atoms with Gasteiger partial charge >= 0.3 is 0 Å². The topological polar surface area (TPSA) is 43.1 Å². The molecule has 0 aromatic carbocycles. The van der Waals surface area contributed by atoms with Gasteiger partial charge in [-0.3, -0.25) is 4.79 Å². The molecule has 0 radical (unpaired) electrons. The summed E-state index contributed by atoms with van der Waals surface area (Å²) in [4.78, 5) is 11.0. The van der Waals surface area contributed by atoms with Crippen LogP contribution in [0.4, 0.5) is 0 Å². The molecular formula is C8H14ClNO. The molecule has 0 rings (SSSR count). The third-order valence-corrected chi connectivity index (χ3v) is 1.70. The van der Waals surface area contributed by atoms with Gasteiger partial charge in [0, 0.05) is 12.3 Å². The summed E-state index contributed by atoms with van der Waals surface area (Å²) in [6, 6.07) is -0.495. The third kappa shape index (κ3) is 4.99. The molecule has 0 saturated heterocycles. The van der Waals surface area contributed by atoms with Crippen molar-refractivity contribution in [1.29, 1.82) is 0 Å². The molecule has 3 heteroatoms. The number of carbonyl (C=O) groups is 1. The molecule has 0 spiro atoms. The second kappa shape index (κ2) is 6.38. The van der Waals surface area contributed by atoms with Gasteiger partial charge in [-0.2, -0.15) is 0 Å². The van der Waals surface area contributed by atoms with Crippen LogP contribution in [-0.4, -0.2) is 17.7 Å². The van der Waals surface area contributed by atoms with Crippen LogP contribution in [0.5, 0.6) is 0 Å². The van der Waals surface area contributed by atoms with E-state index >= 15 is 0 Å². The van der Waals surface area contributed by atoms with Crippen molar-refractivity contribution in [3.8, 4) is 0 Å². The van der Waals surface area contributed by atoms with Gasteiger partial charge in [0.15, 0.2) is 5.78 Å². The molecule has 0 saturated carbocycles. The fourth-order valence-electron chi connectivity index (χ4n) is 0.692. The molecule has 0 aromatic heterocycles. The molecule has 0 bridgehead atoms. The summed E-state index contributed by atoms with van der Waals surface area (Å²) < 4.78 is 0. The largest absolute Gasteiger partial charge is 0.318 e. The molecule has 0 amide bonds. The first kappa shape index (κ1) is 10.7. The molecule has 2 N–H and O–H groups in total. The van der Waals surface area contributed by atoms with Gasteiger partial charge in [-0.15, -0.1) is 18.2 Å². The van der Waals surface area contributed by atoms with Gasteiger partial charge in [-0.1, -0.05) is 6.08 Å². The first-order chi connectivity index (χ1) is 5.22. The van der Waals surface area contributed by atoms with Gasteiger partial charge in [0.25, 0.3) is 0 Å². The monoisotopic (exact) mass is 175 g/mol. The number of halogens is 1. The average Bonchev–Trinajstić information content (AvgIpc) is 2.03. The van der Waals surface area contributed by atoms with Crippen molar-refractivity contribution < 1.29 is 4.79 Å². The molecule has 0 aliphatic heterocycles. The van der Waals surface area contributed by atoms with E-state index < -0.39 is 6.04 Å². The highest BCUT2D eigenvalue weighted by molar-refractivity contribution is 6.17. The number of nitrogens with two attached hydrogens (primary N) is 1. The van der Waals surface area contributed by atoms with Gasteiger partial charge in [-0.05, 0) is 12.8 Å². The van der Waals surface area contributed by atoms with Crippen LogP contribution in [0.1, 0.15) is 19.3 Å². The highest BCUT2D eigenvalue weighted by Gasteiger charge is 2.07. The first-order valence-electron chi connectivity index (χ1n) is 3.69. The lowest BCUT2D eigenvalue weighted by molar-refractivity contribution is -0.119. The van der Waals surface area contributed by atoms with E-state index in [0.29, 0.717) is 12.3 Å². The number of carbonyl (C=O) groups excluding carboxylic acids is 1. The van der Waals surface area contributed by atoms with Gasteiger partial charge < -0.3 is 5.73 Å². The normalized spacial score (nSPS) is 12.5. The van der Waals surface area contributed by atoms with Crippen LogP contribution in [-0.2, 0) is 4.79 Å². The molecule has 64 valence electrons. The zero-order valence-corrected chi connectivity index (χ0v) is 7.31. The molecule has 1 atom stereocenters. The summed E-state index contributed by atoms with van der Waals surface area (Å²) in [6.07, 6.45) is 3.67. The summed E-state index contributed by atoms with van der Waals surface area (Å²) in [5.41, 5.74) is 5.40. The zero-order valence-electron chi connectivity index (χ0n) is 6.55. The van der Waals surface area contributed by atoms with Crippen molar-refractivity contribution in [2.75, 3.05) is 5.88 Å². The lowest BCUT2D eigenvalue weighted by Crippen LogP contribution is -2.27.